The normalized spacial score (nSPS) is 11.1. The first-order valence-electron chi connectivity index (χ1n) is 9.22. The minimum Gasteiger partial charge on any atom is -0.493 e. The highest BCUT2D eigenvalue weighted by atomic mass is 127. The van der Waals surface area contributed by atoms with Gasteiger partial charge in [-0.15, -0.1) is 24.0 Å². The molecule has 0 amide bonds. The molecule has 0 radical (unpaired) electrons. The van der Waals surface area contributed by atoms with Gasteiger partial charge < -0.3 is 24.7 Å². The number of imidazole rings is 1. The van der Waals surface area contributed by atoms with E-state index in [0.29, 0.717) is 6.54 Å². The standard InChI is InChI=1S/C21H27N5O2.HI/c1-22-21(23-12-11-15-9-10-18(27-3)19(13-15)28-4)24-14-20-25-16-7-5-6-8-17(16)26(20)2;/h5-10,13H,11-12,14H2,1-4H3,(H2,22,23,24);1H. The van der Waals surface area contributed by atoms with Crippen molar-refractivity contribution in [2.75, 3.05) is 27.8 Å². The zero-order chi connectivity index (χ0) is 19.9. The van der Waals surface area contributed by atoms with Crippen molar-refractivity contribution in [3.05, 3.63) is 53.9 Å². The second-order valence-electron chi connectivity index (χ2n) is 6.37. The third-order valence-corrected chi connectivity index (χ3v) is 4.67. The highest BCUT2D eigenvalue weighted by molar-refractivity contribution is 14.0. The molecule has 0 aliphatic rings. The summed E-state index contributed by atoms with van der Waals surface area (Å²) < 4.78 is 12.7. The molecule has 2 aromatic carbocycles. The fourth-order valence-corrected chi connectivity index (χ4v) is 3.10. The van der Waals surface area contributed by atoms with E-state index in [1.54, 1.807) is 21.3 Å². The number of methoxy groups -OCH3 is 2. The predicted molar refractivity (Wildman–Crippen MR) is 128 cm³/mol. The molecule has 0 atom stereocenters. The minimum absolute atomic E-state index is 0. The molecular formula is C21H28IN5O2. The molecule has 0 bridgehead atoms. The van der Waals surface area contributed by atoms with Crippen LogP contribution < -0.4 is 20.1 Å². The van der Waals surface area contributed by atoms with Crippen LogP contribution in [0.1, 0.15) is 11.4 Å². The summed E-state index contributed by atoms with van der Waals surface area (Å²) in [6, 6.07) is 14.1. The van der Waals surface area contributed by atoms with Crippen LogP contribution in [-0.4, -0.2) is 43.3 Å². The summed E-state index contributed by atoms with van der Waals surface area (Å²) in [5, 5.41) is 6.66. The first-order chi connectivity index (χ1) is 13.7. The number of hydrogen-bond donors (Lipinski definition) is 2. The van der Waals surface area contributed by atoms with Gasteiger partial charge >= 0.3 is 0 Å². The largest absolute Gasteiger partial charge is 0.493 e. The molecule has 7 nitrogen and oxygen atoms in total. The Bertz CT molecular complexity index is 971. The molecule has 3 aromatic rings. The Morgan fingerprint density at radius 3 is 2.52 bits per heavy atom. The number of fused-ring (bicyclic) bond motifs is 1. The van der Waals surface area contributed by atoms with E-state index in [2.05, 4.69) is 31.2 Å². The summed E-state index contributed by atoms with van der Waals surface area (Å²) in [6.45, 7) is 1.35. The smallest absolute Gasteiger partial charge is 0.191 e. The van der Waals surface area contributed by atoms with Crippen LogP contribution in [0.2, 0.25) is 0 Å². The summed E-state index contributed by atoms with van der Waals surface area (Å²) in [6.07, 6.45) is 0.841. The van der Waals surface area contributed by atoms with Gasteiger partial charge in [0.15, 0.2) is 17.5 Å². The molecule has 0 spiro atoms. The van der Waals surface area contributed by atoms with Gasteiger partial charge in [-0.2, -0.15) is 0 Å². The summed E-state index contributed by atoms with van der Waals surface area (Å²) in [5.41, 5.74) is 3.28. The Morgan fingerprint density at radius 2 is 1.83 bits per heavy atom. The van der Waals surface area contributed by atoms with E-state index < -0.39 is 0 Å². The van der Waals surface area contributed by atoms with E-state index >= 15 is 0 Å². The summed E-state index contributed by atoms with van der Waals surface area (Å²) >= 11 is 0. The number of aryl methyl sites for hydroxylation is 1. The predicted octanol–water partition coefficient (Wildman–Crippen LogP) is 3.12. The van der Waals surface area contributed by atoms with Crippen molar-refractivity contribution in [3.63, 3.8) is 0 Å². The monoisotopic (exact) mass is 509 g/mol. The molecule has 0 unspecified atom stereocenters. The number of para-hydroxylation sites is 2. The van der Waals surface area contributed by atoms with E-state index in [0.717, 1.165) is 52.8 Å². The minimum atomic E-state index is 0. The average molecular weight is 509 g/mol. The molecule has 1 heterocycles. The summed E-state index contributed by atoms with van der Waals surface area (Å²) in [4.78, 5) is 8.97. The first-order valence-corrected chi connectivity index (χ1v) is 9.22. The van der Waals surface area contributed by atoms with E-state index in [-0.39, 0.29) is 24.0 Å². The van der Waals surface area contributed by atoms with Gasteiger partial charge in [0.05, 0.1) is 31.8 Å². The van der Waals surface area contributed by atoms with Gasteiger partial charge in [0, 0.05) is 20.6 Å². The lowest BCUT2D eigenvalue weighted by Gasteiger charge is -2.13. The second-order valence-corrected chi connectivity index (χ2v) is 6.37. The number of rotatable bonds is 7. The number of aliphatic imine (C=N–C) groups is 1. The van der Waals surface area contributed by atoms with Crippen molar-refractivity contribution < 1.29 is 9.47 Å². The fourth-order valence-electron chi connectivity index (χ4n) is 3.10. The molecular weight excluding hydrogens is 481 g/mol. The summed E-state index contributed by atoms with van der Waals surface area (Å²) in [5.74, 6) is 3.18. The van der Waals surface area contributed by atoms with Crippen molar-refractivity contribution in [2.24, 2.45) is 12.0 Å². The van der Waals surface area contributed by atoms with E-state index in [4.69, 9.17) is 9.47 Å². The number of ether oxygens (including phenoxy) is 2. The summed E-state index contributed by atoms with van der Waals surface area (Å²) in [7, 11) is 7.08. The van der Waals surface area contributed by atoms with Gasteiger partial charge in [-0.3, -0.25) is 4.99 Å². The lowest BCUT2D eigenvalue weighted by atomic mass is 10.1. The third-order valence-electron chi connectivity index (χ3n) is 4.67. The van der Waals surface area contributed by atoms with Gasteiger partial charge in [0.2, 0.25) is 0 Å². The van der Waals surface area contributed by atoms with Gasteiger partial charge in [-0.1, -0.05) is 18.2 Å². The third kappa shape index (κ3) is 5.53. The van der Waals surface area contributed by atoms with Crippen LogP contribution in [0.25, 0.3) is 11.0 Å². The van der Waals surface area contributed by atoms with Crippen molar-refractivity contribution in [1.29, 1.82) is 0 Å². The Hall–Kier alpha value is -2.49. The first kappa shape index (κ1) is 22.8. The molecule has 0 aliphatic heterocycles. The average Bonchev–Trinajstić information content (AvgIpc) is 3.06. The number of guanidine groups is 1. The van der Waals surface area contributed by atoms with Crippen LogP contribution in [0, 0.1) is 0 Å². The maximum Gasteiger partial charge on any atom is 0.191 e. The van der Waals surface area contributed by atoms with Gasteiger partial charge in [0.1, 0.15) is 5.82 Å². The van der Waals surface area contributed by atoms with Gasteiger partial charge in [0.25, 0.3) is 0 Å². The second kappa shape index (κ2) is 10.9. The Balaban J connectivity index is 0.00000300. The molecule has 8 heteroatoms. The number of aromatic nitrogens is 2. The molecule has 0 saturated heterocycles. The zero-order valence-electron chi connectivity index (χ0n) is 17.2. The number of hydrogen-bond acceptors (Lipinski definition) is 4. The van der Waals surface area contributed by atoms with Crippen molar-refractivity contribution in [2.45, 2.75) is 13.0 Å². The number of halogens is 1. The molecule has 0 saturated carbocycles. The fraction of sp³-hybridized carbons (Fsp3) is 0.333. The molecule has 1 aromatic heterocycles. The molecule has 3 rings (SSSR count). The topological polar surface area (TPSA) is 72.7 Å². The molecule has 29 heavy (non-hydrogen) atoms. The number of benzene rings is 2. The Labute approximate surface area is 188 Å². The molecule has 2 N–H and O–H groups in total. The molecule has 0 aliphatic carbocycles. The van der Waals surface area contributed by atoms with Crippen LogP contribution in [-0.2, 0) is 20.0 Å². The van der Waals surface area contributed by atoms with Crippen molar-refractivity contribution in [3.8, 4) is 11.5 Å². The highest BCUT2D eigenvalue weighted by Gasteiger charge is 2.08. The SMILES string of the molecule is CN=C(NCCc1ccc(OC)c(OC)c1)NCc1nc2ccccc2n1C.I. The highest BCUT2D eigenvalue weighted by Crippen LogP contribution is 2.27. The zero-order valence-corrected chi connectivity index (χ0v) is 19.6. The van der Waals surface area contributed by atoms with Crippen molar-refractivity contribution >= 4 is 41.0 Å². The van der Waals surface area contributed by atoms with Crippen LogP contribution in [0.15, 0.2) is 47.5 Å². The Morgan fingerprint density at radius 1 is 1.07 bits per heavy atom. The van der Waals surface area contributed by atoms with Gasteiger partial charge in [-0.25, -0.2) is 4.98 Å². The lowest BCUT2D eigenvalue weighted by Crippen LogP contribution is -2.38. The Kier molecular flexibility index (Phi) is 8.56. The maximum absolute atomic E-state index is 5.36. The molecule has 0 fully saturated rings. The van der Waals surface area contributed by atoms with E-state index in [9.17, 15) is 0 Å². The van der Waals surface area contributed by atoms with Crippen LogP contribution in [0.4, 0.5) is 0 Å². The van der Waals surface area contributed by atoms with Crippen LogP contribution >= 0.6 is 24.0 Å². The number of nitrogens with zero attached hydrogens (tertiary/aromatic N) is 3. The van der Waals surface area contributed by atoms with E-state index in [1.165, 1.54) is 0 Å². The van der Waals surface area contributed by atoms with Crippen LogP contribution in [0.5, 0.6) is 11.5 Å². The number of nitrogens with one attached hydrogen (secondary N) is 2. The van der Waals surface area contributed by atoms with Gasteiger partial charge in [-0.05, 0) is 36.2 Å². The van der Waals surface area contributed by atoms with Crippen molar-refractivity contribution in [1.82, 2.24) is 20.2 Å². The molecule has 156 valence electrons. The maximum atomic E-state index is 5.36. The quantitative estimate of drug-likeness (QED) is 0.291. The van der Waals surface area contributed by atoms with Crippen LogP contribution in [0.3, 0.4) is 0 Å². The van der Waals surface area contributed by atoms with E-state index in [1.807, 2.05) is 43.4 Å². The lowest BCUT2D eigenvalue weighted by molar-refractivity contribution is 0.354.